The molecule has 0 bridgehead atoms. The average molecular weight is 601 g/mol. The van der Waals surface area contributed by atoms with Gasteiger partial charge in [0.25, 0.3) is 0 Å². The third-order valence-corrected chi connectivity index (χ3v) is 12.1. The molecule has 3 aliphatic heterocycles. The molecular weight excluding hydrogens is 556 g/mol. The number of rotatable bonds is 4. The molecular formula is C33H44O10. The summed E-state index contributed by atoms with van der Waals surface area (Å²) in [5.74, 6) is -2.75. The van der Waals surface area contributed by atoms with Gasteiger partial charge in [0.05, 0.1) is 37.1 Å². The monoisotopic (exact) mass is 600 g/mol. The second kappa shape index (κ2) is 10.3. The van der Waals surface area contributed by atoms with Crippen molar-refractivity contribution in [1.29, 1.82) is 0 Å². The third kappa shape index (κ3) is 4.16. The maximum atomic E-state index is 13.5. The molecule has 13 unspecified atom stereocenters. The van der Waals surface area contributed by atoms with Gasteiger partial charge in [-0.3, -0.25) is 9.59 Å². The average Bonchev–Trinajstić information content (AvgIpc) is 3.60. The minimum atomic E-state index is -1.15. The highest BCUT2D eigenvalue weighted by molar-refractivity contribution is 5.88. The van der Waals surface area contributed by atoms with Crippen LogP contribution < -0.4 is 0 Å². The number of ether oxygens (including phenoxy) is 5. The van der Waals surface area contributed by atoms with Gasteiger partial charge in [0.1, 0.15) is 12.2 Å². The maximum Gasteiger partial charge on any atom is 0.333 e. The Labute approximate surface area is 252 Å². The number of hydrogen-bond donors (Lipinski definition) is 2. The molecule has 10 heteroatoms. The van der Waals surface area contributed by atoms with Gasteiger partial charge in [-0.15, -0.1) is 0 Å². The van der Waals surface area contributed by atoms with Crippen molar-refractivity contribution < 1.29 is 48.3 Å². The molecule has 3 aliphatic carbocycles. The number of esters is 3. The van der Waals surface area contributed by atoms with E-state index >= 15 is 0 Å². The van der Waals surface area contributed by atoms with Gasteiger partial charge < -0.3 is 33.9 Å². The predicted molar refractivity (Wildman–Crippen MR) is 152 cm³/mol. The predicted octanol–water partition coefficient (Wildman–Crippen LogP) is 3.35. The summed E-state index contributed by atoms with van der Waals surface area (Å²) in [4.78, 5) is 38.4. The second-order valence-electron chi connectivity index (χ2n) is 14.2. The van der Waals surface area contributed by atoms with E-state index in [1.54, 1.807) is 26.0 Å². The standard InChI is InChI=1S/C33H44O10/c1-8-15(2)29(37)43-28-26-27-31(5,14-40-26)23(41-17(4)34)13-22(35)32(27,6)21-12-24(36)42-20-11-19(18-9-10-39-30(18)38)16(3)25(20)33(21,28)7/h8-10,18-24,26-28,35-36H,11-14H2,1-7H3. The smallest absolute Gasteiger partial charge is 0.333 e. The van der Waals surface area contributed by atoms with E-state index in [4.69, 9.17) is 23.7 Å². The molecule has 43 heavy (non-hydrogen) atoms. The fourth-order valence-corrected chi connectivity index (χ4v) is 10.1. The lowest BCUT2D eigenvalue weighted by Gasteiger charge is -2.66. The number of aliphatic hydroxyl groups is 2. The van der Waals surface area contributed by atoms with Gasteiger partial charge >= 0.3 is 17.9 Å². The van der Waals surface area contributed by atoms with E-state index < -0.39 is 76.8 Å². The summed E-state index contributed by atoms with van der Waals surface area (Å²) in [7, 11) is 0. The van der Waals surface area contributed by atoms with Crippen LogP contribution in [-0.2, 0) is 38.1 Å². The molecule has 4 fully saturated rings. The number of aliphatic hydroxyl groups excluding tert-OH is 2. The Balaban J connectivity index is 1.56. The molecule has 6 rings (SSSR count). The molecule has 10 nitrogen and oxygen atoms in total. The van der Waals surface area contributed by atoms with E-state index in [0.717, 1.165) is 11.1 Å². The summed E-state index contributed by atoms with van der Waals surface area (Å²) in [5, 5.41) is 23.4. The minimum Gasteiger partial charge on any atom is -0.462 e. The van der Waals surface area contributed by atoms with Gasteiger partial charge in [0.15, 0.2) is 6.29 Å². The normalized spacial score (nSPS) is 48.7. The Morgan fingerprint density at radius 3 is 2.44 bits per heavy atom. The lowest BCUT2D eigenvalue weighted by atomic mass is 9.39. The third-order valence-electron chi connectivity index (χ3n) is 12.1. The zero-order valence-electron chi connectivity index (χ0n) is 26.0. The fraction of sp³-hybridized carbons (Fsp3) is 0.727. The molecule has 3 heterocycles. The van der Waals surface area contributed by atoms with Crippen LogP contribution in [0, 0.1) is 39.9 Å². The van der Waals surface area contributed by atoms with Gasteiger partial charge in [-0.1, -0.05) is 32.4 Å². The van der Waals surface area contributed by atoms with E-state index in [-0.39, 0.29) is 37.3 Å². The fourth-order valence-electron chi connectivity index (χ4n) is 10.1. The minimum absolute atomic E-state index is 0.196. The van der Waals surface area contributed by atoms with Gasteiger partial charge in [-0.2, -0.15) is 0 Å². The highest BCUT2D eigenvalue weighted by Gasteiger charge is 2.77. The van der Waals surface area contributed by atoms with Gasteiger partial charge in [0.2, 0.25) is 0 Å². The molecule has 0 aromatic heterocycles. The first-order chi connectivity index (χ1) is 20.2. The van der Waals surface area contributed by atoms with Crippen LogP contribution >= 0.6 is 0 Å². The van der Waals surface area contributed by atoms with Crippen LogP contribution in [0.4, 0.5) is 0 Å². The largest absolute Gasteiger partial charge is 0.462 e. The zero-order chi connectivity index (χ0) is 31.2. The maximum absolute atomic E-state index is 13.5. The molecule has 236 valence electrons. The van der Waals surface area contributed by atoms with Crippen LogP contribution in [0.5, 0.6) is 0 Å². The van der Waals surface area contributed by atoms with Crippen LogP contribution in [0.2, 0.25) is 0 Å². The number of hydrogen-bond acceptors (Lipinski definition) is 10. The summed E-state index contributed by atoms with van der Waals surface area (Å²) >= 11 is 0. The number of carbonyl (C=O) groups is 3. The Kier molecular flexibility index (Phi) is 7.27. The van der Waals surface area contributed by atoms with Crippen molar-refractivity contribution in [3.05, 3.63) is 35.1 Å². The zero-order valence-corrected chi connectivity index (χ0v) is 26.0. The Morgan fingerprint density at radius 1 is 1.09 bits per heavy atom. The topological polar surface area (TPSA) is 138 Å². The molecule has 0 radical (unpaired) electrons. The second-order valence-corrected chi connectivity index (χ2v) is 14.2. The number of carbonyl (C=O) groups excluding carboxylic acids is 3. The van der Waals surface area contributed by atoms with Crippen LogP contribution in [0.25, 0.3) is 0 Å². The summed E-state index contributed by atoms with van der Waals surface area (Å²) in [5.41, 5.74) is -0.178. The van der Waals surface area contributed by atoms with Crippen LogP contribution in [-0.4, -0.2) is 71.5 Å². The lowest BCUT2D eigenvalue weighted by Crippen LogP contribution is -2.72. The summed E-state index contributed by atoms with van der Waals surface area (Å²) in [6.07, 6.45) is 1.10. The van der Waals surface area contributed by atoms with Crippen molar-refractivity contribution in [3.8, 4) is 0 Å². The van der Waals surface area contributed by atoms with E-state index in [9.17, 15) is 24.6 Å². The SMILES string of the molecule is CC=C(C)C(=O)OC1C2OCC3(C)C(OC(C)=O)CC(O)C(C)(C23)C2CC(O)OC3CC(C4C=COC4=O)C(C)=C3C12C. The molecule has 0 aromatic carbocycles. The van der Waals surface area contributed by atoms with Gasteiger partial charge in [-0.25, -0.2) is 4.79 Å². The number of cyclic esters (lactones) is 1. The number of allylic oxidation sites excluding steroid dienone is 2. The summed E-state index contributed by atoms with van der Waals surface area (Å²) in [6.45, 7) is 13.2. The first-order valence-electron chi connectivity index (χ1n) is 15.4. The first kappa shape index (κ1) is 30.5. The van der Waals surface area contributed by atoms with Crippen molar-refractivity contribution in [1.82, 2.24) is 0 Å². The lowest BCUT2D eigenvalue weighted by molar-refractivity contribution is -0.258. The van der Waals surface area contributed by atoms with E-state index in [0.29, 0.717) is 12.0 Å². The Bertz CT molecular complexity index is 1320. The highest BCUT2D eigenvalue weighted by atomic mass is 16.6. The molecule has 2 saturated carbocycles. The van der Waals surface area contributed by atoms with Crippen LogP contribution in [0.1, 0.15) is 67.7 Å². The molecule has 2 saturated heterocycles. The molecule has 0 aromatic rings. The van der Waals surface area contributed by atoms with Crippen LogP contribution in [0.3, 0.4) is 0 Å². The van der Waals surface area contributed by atoms with Crippen molar-refractivity contribution in [2.24, 2.45) is 39.9 Å². The molecule has 6 aliphatic rings. The van der Waals surface area contributed by atoms with E-state index in [1.807, 2.05) is 27.7 Å². The quantitative estimate of drug-likeness (QED) is 0.214. The Hall–Kier alpha value is -2.53. The van der Waals surface area contributed by atoms with Gasteiger partial charge in [0, 0.05) is 47.5 Å². The van der Waals surface area contributed by atoms with Crippen molar-refractivity contribution in [2.75, 3.05) is 6.61 Å². The summed E-state index contributed by atoms with van der Waals surface area (Å²) < 4.78 is 30.4. The van der Waals surface area contributed by atoms with Crippen molar-refractivity contribution in [2.45, 2.75) is 105 Å². The first-order valence-corrected chi connectivity index (χ1v) is 15.4. The van der Waals surface area contributed by atoms with E-state index in [1.165, 1.54) is 13.2 Å². The summed E-state index contributed by atoms with van der Waals surface area (Å²) in [6, 6.07) is 0. The highest BCUT2D eigenvalue weighted by Crippen LogP contribution is 2.72. The Morgan fingerprint density at radius 2 is 1.81 bits per heavy atom. The molecule has 0 spiro atoms. The van der Waals surface area contributed by atoms with Crippen molar-refractivity contribution in [3.63, 3.8) is 0 Å². The molecule has 13 atom stereocenters. The number of fused-ring (bicyclic) bond motifs is 4. The van der Waals surface area contributed by atoms with E-state index in [2.05, 4.69) is 0 Å². The van der Waals surface area contributed by atoms with Crippen molar-refractivity contribution >= 4 is 17.9 Å². The molecule has 2 N–H and O–H groups in total. The molecule has 0 amide bonds. The van der Waals surface area contributed by atoms with Gasteiger partial charge in [-0.05, 0) is 50.7 Å². The van der Waals surface area contributed by atoms with Crippen LogP contribution in [0.15, 0.2) is 35.1 Å².